The monoisotopic (exact) mass is 185 g/mol. The molecule has 3 heteroatoms. The lowest BCUT2D eigenvalue weighted by Gasteiger charge is -2.18. The van der Waals surface area contributed by atoms with Crippen LogP contribution in [-0.4, -0.2) is 25.5 Å². The van der Waals surface area contributed by atoms with Crippen LogP contribution in [0.3, 0.4) is 0 Å². The maximum Gasteiger partial charge on any atom is 0.0899 e. The molecule has 0 bridgehead atoms. The highest BCUT2D eigenvalue weighted by atomic mass is 14.9. The van der Waals surface area contributed by atoms with Crippen LogP contribution in [0, 0.1) is 10.8 Å². The number of hydrogen-bond acceptors (Lipinski definition) is 2. The van der Waals surface area contributed by atoms with Gasteiger partial charge in [0, 0.05) is 6.54 Å². The van der Waals surface area contributed by atoms with Crippen LogP contribution in [0.1, 0.15) is 34.1 Å². The first-order chi connectivity index (χ1) is 5.92. The summed E-state index contributed by atoms with van der Waals surface area (Å²) in [6.07, 6.45) is 1.08. The molecule has 0 aromatic carbocycles. The van der Waals surface area contributed by atoms with Gasteiger partial charge in [0.15, 0.2) is 0 Å². The molecule has 0 fully saturated rings. The summed E-state index contributed by atoms with van der Waals surface area (Å²) in [5.74, 6) is 0.552. The van der Waals surface area contributed by atoms with Crippen molar-refractivity contribution < 1.29 is 0 Å². The van der Waals surface area contributed by atoms with Gasteiger partial charge in [-0.25, -0.2) is 0 Å². The smallest absolute Gasteiger partial charge is 0.0899 e. The Kier molecular flexibility index (Phi) is 5.71. The molecule has 0 aromatic rings. The van der Waals surface area contributed by atoms with E-state index >= 15 is 0 Å². The Bertz CT molecular complexity index is 147. The Balaban J connectivity index is 3.13. The van der Waals surface area contributed by atoms with E-state index < -0.39 is 0 Å². The Hall–Kier alpha value is -0.570. The average molecular weight is 185 g/mol. The van der Waals surface area contributed by atoms with E-state index in [0.717, 1.165) is 26.1 Å². The van der Waals surface area contributed by atoms with Crippen LogP contribution >= 0.6 is 0 Å². The quantitative estimate of drug-likeness (QED) is 0.346. The summed E-state index contributed by atoms with van der Waals surface area (Å²) >= 11 is 0. The highest BCUT2D eigenvalue weighted by molar-refractivity contribution is 5.75. The molecule has 0 spiro atoms. The zero-order chi connectivity index (χ0) is 10.3. The molecule has 0 aliphatic rings. The first-order valence-corrected chi connectivity index (χ1v) is 4.91. The Labute approximate surface area is 81.8 Å². The Morgan fingerprint density at radius 2 is 1.85 bits per heavy atom. The predicted octanol–water partition coefficient (Wildman–Crippen LogP) is 1.60. The highest BCUT2D eigenvalue weighted by Crippen LogP contribution is 2.09. The SMILES string of the molecule is CC(=N)NCCCNCC(C)(C)C. The fourth-order valence-corrected chi connectivity index (χ4v) is 0.953. The molecule has 0 atom stereocenters. The number of hydrogen-bond donors (Lipinski definition) is 3. The van der Waals surface area contributed by atoms with Gasteiger partial charge in [0.2, 0.25) is 0 Å². The lowest BCUT2D eigenvalue weighted by Crippen LogP contribution is -2.30. The van der Waals surface area contributed by atoms with E-state index in [1.165, 1.54) is 0 Å². The van der Waals surface area contributed by atoms with Gasteiger partial charge in [-0.3, -0.25) is 5.41 Å². The van der Waals surface area contributed by atoms with Crippen molar-refractivity contribution in [2.45, 2.75) is 34.1 Å². The van der Waals surface area contributed by atoms with Gasteiger partial charge in [0.1, 0.15) is 0 Å². The van der Waals surface area contributed by atoms with Crippen molar-refractivity contribution in [1.29, 1.82) is 5.41 Å². The minimum absolute atomic E-state index is 0.366. The van der Waals surface area contributed by atoms with Crippen LogP contribution in [0.5, 0.6) is 0 Å². The normalized spacial score (nSPS) is 11.4. The molecule has 0 amide bonds. The molecule has 0 rings (SSSR count). The van der Waals surface area contributed by atoms with E-state index in [4.69, 9.17) is 5.41 Å². The Morgan fingerprint density at radius 1 is 1.23 bits per heavy atom. The summed E-state index contributed by atoms with van der Waals surface area (Å²) in [4.78, 5) is 0. The van der Waals surface area contributed by atoms with Crippen LogP contribution in [0.2, 0.25) is 0 Å². The van der Waals surface area contributed by atoms with Crippen molar-refractivity contribution in [3.05, 3.63) is 0 Å². The van der Waals surface area contributed by atoms with Crippen molar-refractivity contribution in [3.63, 3.8) is 0 Å². The van der Waals surface area contributed by atoms with E-state index in [9.17, 15) is 0 Å². The molecular formula is C10H23N3. The lowest BCUT2D eigenvalue weighted by molar-refractivity contribution is 0.379. The van der Waals surface area contributed by atoms with E-state index in [0.29, 0.717) is 11.3 Å². The minimum atomic E-state index is 0.366. The molecule has 0 saturated carbocycles. The van der Waals surface area contributed by atoms with Crippen molar-refractivity contribution in [3.8, 4) is 0 Å². The van der Waals surface area contributed by atoms with Crippen LogP contribution < -0.4 is 10.6 Å². The van der Waals surface area contributed by atoms with Gasteiger partial charge in [-0.1, -0.05) is 20.8 Å². The standard InChI is InChI=1S/C10H23N3/c1-9(11)13-7-5-6-12-8-10(2,3)4/h12H,5-8H2,1-4H3,(H2,11,13). The molecule has 0 unspecified atom stereocenters. The molecule has 3 N–H and O–H groups in total. The molecule has 0 heterocycles. The summed E-state index contributed by atoms with van der Waals surface area (Å²) in [6, 6.07) is 0. The summed E-state index contributed by atoms with van der Waals surface area (Å²) in [6.45, 7) is 11.4. The molecule has 0 aliphatic carbocycles. The largest absolute Gasteiger partial charge is 0.374 e. The number of nitrogens with one attached hydrogen (secondary N) is 3. The first-order valence-electron chi connectivity index (χ1n) is 4.91. The van der Waals surface area contributed by atoms with Crippen molar-refractivity contribution in [2.75, 3.05) is 19.6 Å². The van der Waals surface area contributed by atoms with Gasteiger partial charge in [-0.15, -0.1) is 0 Å². The van der Waals surface area contributed by atoms with Gasteiger partial charge in [0.05, 0.1) is 5.84 Å². The third kappa shape index (κ3) is 11.4. The third-order valence-corrected chi connectivity index (χ3v) is 1.58. The second-order valence-corrected chi connectivity index (χ2v) is 4.64. The minimum Gasteiger partial charge on any atom is -0.374 e. The van der Waals surface area contributed by atoms with Crippen molar-refractivity contribution in [1.82, 2.24) is 10.6 Å². The second kappa shape index (κ2) is 5.97. The average Bonchev–Trinajstić information content (AvgIpc) is 1.93. The maximum atomic E-state index is 7.14. The van der Waals surface area contributed by atoms with Gasteiger partial charge in [-0.05, 0) is 31.8 Å². The summed E-state index contributed by atoms with van der Waals surface area (Å²) < 4.78 is 0. The first kappa shape index (κ1) is 12.4. The Morgan fingerprint density at radius 3 is 2.31 bits per heavy atom. The molecule has 0 saturated heterocycles. The fourth-order valence-electron chi connectivity index (χ4n) is 0.953. The lowest BCUT2D eigenvalue weighted by atomic mass is 9.97. The topological polar surface area (TPSA) is 47.9 Å². The van der Waals surface area contributed by atoms with E-state index in [1.807, 2.05) is 0 Å². The molecule has 3 nitrogen and oxygen atoms in total. The summed E-state index contributed by atoms with van der Waals surface area (Å²) in [7, 11) is 0. The third-order valence-electron chi connectivity index (χ3n) is 1.58. The zero-order valence-electron chi connectivity index (χ0n) is 9.33. The molecule has 0 aromatic heterocycles. The van der Waals surface area contributed by atoms with E-state index in [1.54, 1.807) is 6.92 Å². The van der Waals surface area contributed by atoms with Crippen LogP contribution in [-0.2, 0) is 0 Å². The molecule has 13 heavy (non-hydrogen) atoms. The molecular weight excluding hydrogens is 162 g/mol. The molecule has 0 aliphatic heterocycles. The van der Waals surface area contributed by atoms with Gasteiger partial charge < -0.3 is 10.6 Å². The maximum absolute atomic E-state index is 7.14. The predicted molar refractivity (Wildman–Crippen MR) is 58.3 cm³/mol. The number of rotatable bonds is 5. The summed E-state index contributed by atoms with van der Waals surface area (Å²) in [5, 5.41) is 13.5. The zero-order valence-corrected chi connectivity index (χ0v) is 9.33. The second-order valence-electron chi connectivity index (χ2n) is 4.64. The highest BCUT2D eigenvalue weighted by Gasteiger charge is 2.07. The number of amidine groups is 1. The molecule has 78 valence electrons. The van der Waals surface area contributed by atoms with E-state index in [2.05, 4.69) is 31.4 Å². The van der Waals surface area contributed by atoms with Gasteiger partial charge in [-0.2, -0.15) is 0 Å². The van der Waals surface area contributed by atoms with Crippen LogP contribution in [0.4, 0.5) is 0 Å². The summed E-state index contributed by atoms with van der Waals surface area (Å²) in [5.41, 5.74) is 0.366. The van der Waals surface area contributed by atoms with Crippen LogP contribution in [0.25, 0.3) is 0 Å². The fraction of sp³-hybridized carbons (Fsp3) is 0.900. The van der Waals surface area contributed by atoms with Gasteiger partial charge in [0.25, 0.3) is 0 Å². The van der Waals surface area contributed by atoms with Crippen LogP contribution in [0.15, 0.2) is 0 Å². The van der Waals surface area contributed by atoms with Crippen molar-refractivity contribution in [2.24, 2.45) is 5.41 Å². The van der Waals surface area contributed by atoms with Gasteiger partial charge >= 0.3 is 0 Å². The van der Waals surface area contributed by atoms with E-state index in [-0.39, 0.29) is 0 Å². The molecule has 0 radical (unpaired) electrons. The van der Waals surface area contributed by atoms with Crippen molar-refractivity contribution >= 4 is 5.84 Å².